The van der Waals surface area contributed by atoms with Crippen molar-refractivity contribution in [3.05, 3.63) is 32.2 Å². The number of carbonyl (C=O) groups is 1. The molecule has 8 heteroatoms. The monoisotopic (exact) mass is 280 g/mol. The molecule has 19 heavy (non-hydrogen) atoms. The van der Waals surface area contributed by atoms with Crippen molar-refractivity contribution < 1.29 is 4.79 Å². The summed E-state index contributed by atoms with van der Waals surface area (Å²) in [5.74, 6) is -0.0660. The highest BCUT2D eigenvalue weighted by Gasteiger charge is 2.29. The van der Waals surface area contributed by atoms with Crippen molar-refractivity contribution in [2.75, 3.05) is 0 Å². The Labute approximate surface area is 111 Å². The zero-order valence-corrected chi connectivity index (χ0v) is 10.5. The van der Waals surface area contributed by atoms with E-state index in [1.54, 1.807) is 0 Å². The lowest BCUT2D eigenvalue weighted by Gasteiger charge is -2.13. The van der Waals surface area contributed by atoms with E-state index in [2.05, 4.69) is 15.0 Å². The number of fused-ring (bicyclic) bond motifs is 1. The molecule has 0 bridgehead atoms. The van der Waals surface area contributed by atoms with Crippen LogP contribution in [0.3, 0.4) is 0 Å². The molecule has 0 radical (unpaired) electrons. The van der Waals surface area contributed by atoms with Crippen molar-refractivity contribution in [2.45, 2.75) is 25.3 Å². The van der Waals surface area contributed by atoms with Crippen LogP contribution in [0.4, 0.5) is 0 Å². The van der Waals surface area contributed by atoms with Crippen LogP contribution in [0.5, 0.6) is 0 Å². The Morgan fingerprint density at radius 2 is 2.16 bits per heavy atom. The molecule has 0 saturated heterocycles. The van der Waals surface area contributed by atoms with Crippen LogP contribution in [-0.2, 0) is 4.79 Å². The number of H-pyrrole nitrogens is 1. The second-order valence-electron chi connectivity index (χ2n) is 4.38. The molecule has 98 valence electrons. The summed E-state index contributed by atoms with van der Waals surface area (Å²) in [6.45, 7) is 0. The highest BCUT2D eigenvalue weighted by atomic mass is 35.5. The maximum Gasteiger partial charge on any atom is 0.318 e. The van der Waals surface area contributed by atoms with Crippen LogP contribution in [0.25, 0.3) is 11.2 Å². The largest absolute Gasteiger partial charge is 0.318 e. The summed E-state index contributed by atoms with van der Waals surface area (Å²) in [6.07, 6.45) is 2.95. The summed E-state index contributed by atoms with van der Waals surface area (Å²) in [7, 11) is 0. The van der Waals surface area contributed by atoms with E-state index in [0.29, 0.717) is 19.3 Å². The second kappa shape index (κ2) is 4.27. The third-order valence-electron chi connectivity index (χ3n) is 3.21. The summed E-state index contributed by atoms with van der Waals surface area (Å²) in [6, 6.07) is -0.636. The van der Waals surface area contributed by atoms with Gasteiger partial charge in [-0.15, -0.1) is 0 Å². The average molecular weight is 281 g/mol. The summed E-state index contributed by atoms with van der Waals surface area (Å²) < 4.78 is 1.14. The van der Waals surface area contributed by atoms with Crippen molar-refractivity contribution >= 4 is 28.5 Å². The molecule has 1 fully saturated rings. The van der Waals surface area contributed by atoms with Crippen molar-refractivity contribution in [3.8, 4) is 0 Å². The van der Waals surface area contributed by atoms with Crippen molar-refractivity contribution in [1.82, 2.24) is 19.5 Å². The highest BCUT2D eigenvalue weighted by Crippen LogP contribution is 2.26. The Morgan fingerprint density at radius 1 is 1.37 bits per heavy atom. The Bertz CT molecular complexity index is 795. The Kier molecular flexibility index (Phi) is 2.70. The Hall–Kier alpha value is -2.02. The van der Waals surface area contributed by atoms with E-state index in [0.717, 1.165) is 4.57 Å². The minimum atomic E-state index is -0.793. The molecule has 1 aliphatic carbocycles. The van der Waals surface area contributed by atoms with Crippen molar-refractivity contribution in [2.24, 2.45) is 0 Å². The van der Waals surface area contributed by atoms with Gasteiger partial charge in [-0.2, -0.15) is 4.98 Å². The predicted octanol–water partition coefficient (Wildman–Crippen LogP) is 0.427. The molecule has 7 nitrogen and oxygen atoms in total. The summed E-state index contributed by atoms with van der Waals surface area (Å²) in [5, 5.41) is -0.0434. The molecule has 3 rings (SSSR count). The van der Waals surface area contributed by atoms with Gasteiger partial charge in [0.25, 0.3) is 0 Å². The number of halogens is 1. The third-order valence-corrected chi connectivity index (χ3v) is 3.39. The molecular formula is C11H9ClN4O3. The van der Waals surface area contributed by atoms with E-state index in [-0.39, 0.29) is 22.2 Å². The quantitative estimate of drug-likeness (QED) is 0.603. The number of nitrogens with one attached hydrogen (secondary N) is 1. The van der Waals surface area contributed by atoms with E-state index >= 15 is 0 Å². The van der Waals surface area contributed by atoms with Gasteiger partial charge in [-0.05, 0) is 24.4 Å². The molecule has 2 heterocycles. The molecule has 1 atom stereocenters. The van der Waals surface area contributed by atoms with E-state index in [1.165, 1.54) is 6.20 Å². The van der Waals surface area contributed by atoms with Gasteiger partial charge in [-0.1, -0.05) is 0 Å². The van der Waals surface area contributed by atoms with Gasteiger partial charge in [0.2, 0.25) is 5.28 Å². The van der Waals surface area contributed by atoms with Crippen LogP contribution in [-0.4, -0.2) is 25.3 Å². The van der Waals surface area contributed by atoms with Gasteiger partial charge in [-0.25, -0.2) is 4.98 Å². The standard InChI is InChI=1S/C11H9ClN4O3/c12-11-13-4-5-8(15-11)16(10(19)9(18)14-5)6-2-1-3-7(6)17/h4,6H,1-3H2,(H,14,18)/t6-/m0/s1. The number of nitrogens with zero attached hydrogens (tertiary/aromatic N) is 3. The lowest BCUT2D eigenvalue weighted by molar-refractivity contribution is -0.120. The number of carbonyl (C=O) groups excluding carboxylic acids is 1. The fourth-order valence-corrected chi connectivity index (χ4v) is 2.49. The van der Waals surface area contributed by atoms with Gasteiger partial charge >= 0.3 is 11.1 Å². The first-order valence-electron chi connectivity index (χ1n) is 5.77. The van der Waals surface area contributed by atoms with Gasteiger partial charge in [-0.3, -0.25) is 19.0 Å². The molecular weight excluding hydrogens is 272 g/mol. The molecule has 2 aromatic rings. The zero-order valence-electron chi connectivity index (χ0n) is 9.72. The summed E-state index contributed by atoms with van der Waals surface area (Å²) in [5.41, 5.74) is -1.11. The Balaban J connectivity index is 2.41. The lowest BCUT2D eigenvalue weighted by atomic mass is 10.2. The van der Waals surface area contributed by atoms with Gasteiger partial charge in [0.05, 0.1) is 12.2 Å². The second-order valence-corrected chi connectivity index (χ2v) is 4.72. The molecule has 2 aromatic heterocycles. The van der Waals surface area contributed by atoms with Gasteiger partial charge in [0.1, 0.15) is 5.52 Å². The molecule has 0 unspecified atom stereocenters. The first-order chi connectivity index (χ1) is 9.08. The Morgan fingerprint density at radius 3 is 2.84 bits per heavy atom. The summed E-state index contributed by atoms with van der Waals surface area (Å²) >= 11 is 5.71. The number of hydrogen-bond donors (Lipinski definition) is 1. The van der Waals surface area contributed by atoms with Gasteiger partial charge in [0, 0.05) is 6.42 Å². The molecule has 0 aromatic carbocycles. The van der Waals surface area contributed by atoms with Gasteiger partial charge in [0.15, 0.2) is 11.4 Å². The molecule has 1 aliphatic rings. The number of rotatable bonds is 1. The van der Waals surface area contributed by atoms with E-state index < -0.39 is 17.2 Å². The van der Waals surface area contributed by atoms with Crippen LogP contribution >= 0.6 is 11.6 Å². The fraction of sp³-hybridized carbons (Fsp3) is 0.364. The lowest BCUT2D eigenvalue weighted by Crippen LogP contribution is -2.39. The number of aromatic amines is 1. The van der Waals surface area contributed by atoms with Crippen molar-refractivity contribution in [1.29, 1.82) is 0 Å². The van der Waals surface area contributed by atoms with E-state index in [4.69, 9.17) is 11.6 Å². The van der Waals surface area contributed by atoms with Crippen LogP contribution < -0.4 is 11.1 Å². The van der Waals surface area contributed by atoms with Crippen LogP contribution in [0, 0.1) is 0 Å². The number of Topliss-reactive ketones (excluding diaryl/α,β-unsaturated/α-hetero) is 1. The topological polar surface area (TPSA) is 97.7 Å². The van der Waals surface area contributed by atoms with E-state index in [1.807, 2.05) is 0 Å². The maximum atomic E-state index is 12.0. The van der Waals surface area contributed by atoms with Crippen molar-refractivity contribution in [3.63, 3.8) is 0 Å². The smallest absolute Gasteiger partial charge is 0.313 e. The maximum absolute atomic E-state index is 12.0. The van der Waals surface area contributed by atoms with Crippen LogP contribution in [0.15, 0.2) is 15.8 Å². The van der Waals surface area contributed by atoms with E-state index in [9.17, 15) is 14.4 Å². The average Bonchev–Trinajstić information content (AvgIpc) is 2.78. The summed E-state index contributed by atoms with van der Waals surface area (Å²) in [4.78, 5) is 45.5. The number of aromatic nitrogens is 4. The molecule has 0 aliphatic heterocycles. The predicted molar refractivity (Wildman–Crippen MR) is 67.3 cm³/mol. The molecule has 0 amide bonds. The number of ketones is 1. The normalized spacial score (nSPS) is 19.2. The fourth-order valence-electron chi connectivity index (χ4n) is 2.36. The number of hydrogen-bond acceptors (Lipinski definition) is 5. The van der Waals surface area contributed by atoms with Gasteiger partial charge < -0.3 is 4.98 Å². The molecule has 1 N–H and O–H groups in total. The third kappa shape index (κ3) is 1.86. The van der Waals surface area contributed by atoms with Crippen LogP contribution in [0.1, 0.15) is 25.3 Å². The SMILES string of the molecule is O=C1CCC[C@@H]1n1c(=O)c(=O)[nH]c2cnc(Cl)nc21. The molecule has 1 saturated carbocycles. The first-order valence-corrected chi connectivity index (χ1v) is 6.15. The minimum absolute atomic E-state index is 0.0434. The highest BCUT2D eigenvalue weighted by molar-refractivity contribution is 6.28. The molecule has 0 spiro atoms. The minimum Gasteiger partial charge on any atom is -0.313 e. The van der Waals surface area contributed by atoms with Crippen LogP contribution in [0.2, 0.25) is 5.28 Å². The zero-order chi connectivity index (χ0) is 13.6. The first kappa shape index (κ1) is 12.0.